The number of nitrogens with zero attached hydrogens (tertiary/aromatic N) is 2. The van der Waals surface area contributed by atoms with E-state index in [1.165, 1.54) is 12.1 Å². The van der Waals surface area contributed by atoms with Crippen molar-refractivity contribution in [1.82, 2.24) is 9.55 Å². The Morgan fingerprint density at radius 3 is 2.21 bits per heavy atom. The first-order chi connectivity index (χ1) is 8.43. The minimum absolute atomic E-state index is 0. The molecule has 0 aliphatic carbocycles. The Morgan fingerprint density at radius 2 is 1.79 bits per heavy atom. The minimum atomic E-state index is -4.32. The third-order valence-electron chi connectivity index (χ3n) is 2.69. The quantitative estimate of drug-likeness (QED) is 0.758. The molecule has 0 bridgehead atoms. The predicted octanol–water partition coefficient (Wildman–Crippen LogP) is 4.27. The molecule has 0 saturated heterocycles. The number of benzene rings is 1. The summed E-state index contributed by atoms with van der Waals surface area (Å²) in [5.74, 6) is 0.906. The number of halogens is 5. The molecule has 0 amide bonds. The highest BCUT2D eigenvalue weighted by Crippen LogP contribution is 2.30. The normalized spacial score (nSPS) is 11.2. The van der Waals surface area contributed by atoms with Gasteiger partial charge in [0.05, 0.1) is 23.3 Å². The van der Waals surface area contributed by atoms with Crippen molar-refractivity contribution >= 4 is 24.0 Å². The van der Waals surface area contributed by atoms with E-state index in [-0.39, 0.29) is 12.4 Å². The van der Waals surface area contributed by atoms with Crippen LogP contribution in [0.2, 0.25) is 0 Å². The van der Waals surface area contributed by atoms with E-state index in [4.69, 9.17) is 11.6 Å². The minimum Gasteiger partial charge on any atom is -0.330 e. The average molecular weight is 311 g/mol. The molecule has 19 heavy (non-hydrogen) atoms. The van der Waals surface area contributed by atoms with Crippen molar-refractivity contribution in [2.24, 2.45) is 7.05 Å². The average Bonchev–Trinajstić information content (AvgIpc) is 2.69. The van der Waals surface area contributed by atoms with Crippen molar-refractivity contribution in [1.29, 1.82) is 0 Å². The monoisotopic (exact) mass is 310 g/mol. The summed E-state index contributed by atoms with van der Waals surface area (Å²) >= 11 is 5.71. The Bertz CT molecular complexity index is 547. The van der Waals surface area contributed by atoms with E-state index in [1.807, 2.05) is 0 Å². The van der Waals surface area contributed by atoms with Crippen LogP contribution in [0.15, 0.2) is 30.5 Å². The SMILES string of the molecule is Cl.Cn1c(CCl)cnc1-c1ccc(C(F)(F)F)cc1. The van der Waals surface area contributed by atoms with Crippen LogP contribution in [-0.4, -0.2) is 9.55 Å². The van der Waals surface area contributed by atoms with Crippen LogP contribution in [0.3, 0.4) is 0 Å². The van der Waals surface area contributed by atoms with Crippen LogP contribution in [0.25, 0.3) is 11.4 Å². The van der Waals surface area contributed by atoms with Gasteiger partial charge in [-0.15, -0.1) is 24.0 Å². The summed E-state index contributed by atoms with van der Waals surface area (Å²) in [4.78, 5) is 4.15. The van der Waals surface area contributed by atoms with E-state index in [1.54, 1.807) is 17.8 Å². The Morgan fingerprint density at radius 1 is 1.21 bits per heavy atom. The maximum absolute atomic E-state index is 12.4. The Hall–Kier alpha value is -1.20. The van der Waals surface area contributed by atoms with Crippen molar-refractivity contribution < 1.29 is 13.2 Å². The highest BCUT2D eigenvalue weighted by atomic mass is 35.5. The Balaban J connectivity index is 0.00000180. The molecule has 0 radical (unpaired) electrons. The van der Waals surface area contributed by atoms with E-state index in [0.717, 1.165) is 17.8 Å². The van der Waals surface area contributed by atoms with Gasteiger partial charge in [-0.05, 0) is 12.1 Å². The van der Waals surface area contributed by atoms with Crippen LogP contribution in [0.4, 0.5) is 13.2 Å². The van der Waals surface area contributed by atoms with Crippen LogP contribution < -0.4 is 0 Å². The molecule has 104 valence electrons. The summed E-state index contributed by atoms with van der Waals surface area (Å²) in [6.07, 6.45) is -2.71. The van der Waals surface area contributed by atoms with Gasteiger partial charge >= 0.3 is 6.18 Å². The maximum Gasteiger partial charge on any atom is 0.416 e. The predicted molar refractivity (Wildman–Crippen MR) is 70.5 cm³/mol. The lowest BCUT2D eigenvalue weighted by Crippen LogP contribution is -2.04. The zero-order valence-corrected chi connectivity index (χ0v) is 11.5. The Labute approximate surface area is 119 Å². The number of alkyl halides is 4. The van der Waals surface area contributed by atoms with Crippen LogP contribution in [0.5, 0.6) is 0 Å². The molecule has 1 heterocycles. The van der Waals surface area contributed by atoms with E-state index in [0.29, 0.717) is 17.3 Å². The van der Waals surface area contributed by atoms with Gasteiger partial charge in [0.1, 0.15) is 5.82 Å². The molecule has 0 atom stereocenters. The zero-order chi connectivity index (χ0) is 13.3. The molecule has 2 nitrogen and oxygen atoms in total. The maximum atomic E-state index is 12.4. The smallest absolute Gasteiger partial charge is 0.330 e. The number of imidazole rings is 1. The number of hydrogen-bond donors (Lipinski definition) is 0. The fourth-order valence-electron chi connectivity index (χ4n) is 1.65. The van der Waals surface area contributed by atoms with E-state index in [9.17, 15) is 13.2 Å². The largest absolute Gasteiger partial charge is 0.416 e. The summed E-state index contributed by atoms with van der Waals surface area (Å²) in [5.41, 5.74) is 0.770. The molecule has 0 saturated carbocycles. The summed E-state index contributed by atoms with van der Waals surface area (Å²) in [6, 6.07) is 4.90. The molecule has 0 unspecified atom stereocenters. The van der Waals surface area contributed by atoms with Gasteiger partial charge in [0, 0.05) is 12.6 Å². The van der Waals surface area contributed by atoms with E-state index < -0.39 is 11.7 Å². The van der Waals surface area contributed by atoms with Gasteiger partial charge in [-0.25, -0.2) is 4.98 Å². The molecule has 1 aromatic heterocycles. The van der Waals surface area contributed by atoms with E-state index in [2.05, 4.69) is 4.98 Å². The third kappa shape index (κ3) is 3.22. The molecule has 0 spiro atoms. The van der Waals surface area contributed by atoms with Crippen LogP contribution >= 0.6 is 24.0 Å². The van der Waals surface area contributed by atoms with Crippen molar-refractivity contribution in [2.45, 2.75) is 12.1 Å². The van der Waals surface area contributed by atoms with Crippen molar-refractivity contribution in [2.75, 3.05) is 0 Å². The molecular weight excluding hydrogens is 300 g/mol. The van der Waals surface area contributed by atoms with Crippen molar-refractivity contribution in [3.05, 3.63) is 41.7 Å². The second-order valence-electron chi connectivity index (χ2n) is 3.84. The highest BCUT2D eigenvalue weighted by Gasteiger charge is 2.30. The topological polar surface area (TPSA) is 17.8 Å². The Kier molecular flexibility index (Phi) is 4.87. The van der Waals surface area contributed by atoms with Gasteiger partial charge in [-0.2, -0.15) is 13.2 Å². The molecule has 7 heteroatoms. The molecule has 2 rings (SSSR count). The van der Waals surface area contributed by atoms with Crippen molar-refractivity contribution in [3.63, 3.8) is 0 Å². The molecular formula is C12H11Cl2F3N2. The fourth-order valence-corrected chi connectivity index (χ4v) is 1.89. The van der Waals surface area contributed by atoms with Crippen LogP contribution in [-0.2, 0) is 19.1 Å². The molecule has 2 aromatic rings. The third-order valence-corrected chi connectivity index (χ3v) is 2.97. The van der Waals surface area contributed by atoms with Gasteiger partial charge in [0.25, 0.3) is 0 Å². The van der Waals surface area contributed by atoms with Gasteiger partial charge in [0.15, 0.2) is 0 Å². The van der Waals surface area contributed by atoms with Gasteiger partial charge in [-0.1, -0.05) is 12.1 Å². The second-order valence-corrected chi connectivity index (χ2v) is 4.11. The molecule has 0 aliphatic heterocycles. The van der Waals surface area contributed by atoms with Gasteiger partial charge in [0.2, 0.25) is 0 Å². The van der Waals surface area contributed by atoms with Gasteiger partial charge in [-0.3, -0.25) is 0 Å². The lowest BCUT2D eigenvalue weighted by Gasteiger charge is -2.08. The van der Waals surface area contributed by atoms with Gasteiger partial charge < -0.3 is 4.57 Å². The first kappa shape index (κ1) is 15.9. The molecule has 0 N–H and O–H groups in total. The molecule has 0 aliphatic rings. The standard InChI is InChI=1S/C12H10ClF3N2.ClH/c1-18-10(6-13)7-17-11(18)8-2-4-9(5-3-8)12(14,15)16;/h2-5,7H,6H2,1H3;1H. The lowest BCUT2D eigenvalue weighted by molar-refractivity contribution is -0.137. The first-order valence-electron chi connectivity index (χ1n) is 5.17. The highest BCUT2D eigenvalue weighted by molar-refractivity contribution is 6.16. The summed E-state index contributed by atoms with van der Waals surface area (Å²) in [6.45, 7) is 0. The number of hydrogen-bond acceptors (Lipinski definition) is 1. The van der Waals surface area contributed by atoms with E-state index >= 15 is 0 Å². The molecule has 1 aromatic carbocycles. The van der Waals surface area contributed by atoms with Crippen molar-refractivity contribution in [3.8, 4) is 11.4 Å². The summed E-state index contributed by atoms with van der Waals surface area (Å²) in [7, 11) is 1.78. The van der Waals surface area contributed by atoms with Crippen LogP contribution in [0.1, 0.15) is 11.3 Å². The number of rotatable bonds is 2. The molecule has 0 fully saturated rings. The fraction of sp³-hybridized carbons (Fsp3) is 0.250. The summed E-state index contributed by atoms with van der Waals surface area (Å²) < 4.78 is 39.0. The number of aromatic nitrogens is 2. The second kappa shape index (κ2) is 5.84. The first-order valence-corrected chi connectivity index (χ1v) is 5.71. The van der Waals surface area contributed by atoms with Crippen LogP contribution in [0, 0.1) is 0 Å². The summed E-state index contributed by atoms with van der Waals surface area (Å²) in [5, 5.41) is 0. The lowest BCUT2D eigenvalue weighted by atomic mass is 10.1. The zero-order valence-electron chi connectivity index (χ0n) is 9.91.